The minimum atomic E-state index is -0.927. The first-order chi connectivity index (χ1) is 20.9. The highest BCUT2D eigenvalue weighted by Gasteiger charge is 2.38. The summed E-state index contributed by atoms with van der Waals surface area (Å²) in [7, 11) is 0. The molecular weight excluding hydrogens is 556 g/mol. The molecule has 2 aliphatic rings. The van der Waals surface area contributed by atoms with Gasteiger partial charge in [0.1, 0.15) is 22.9 Å². The number of rotatable bonds is 3. The topological polar surface area (TPSA) is 127 Å². The Bertz CT molecular complexity index is 1760. The van der Waals surface area contributed by atoms with Crippen molar-refractivity contribution in [1.82, 2.24) is 29.7 Å². The number of aromatic nitrogens is 4. The number of likely N-dealkylation sites (tertiary alicyclic amines) is 2. The van der Waals surface area contributed by atoms with Crippen LogP contribution in [-0.2, 0) is 4.74 Å². The highest BCUT2D eigenvalue weighted by Crippen LogP contribution is 2.37. The maximum absolute atomic E-state index is 12.9. The molecule has 10 heteroatoms. The number of amides is 2. The molecule has 2 aromatic carbocycles. The third-order valence-corrected chi connectivity index (χ3v) is 8.18. The first-order valence-corrected chi connectivity index (χ1v) is 15.1. The maximum atomic E-state index is 12.9. The lowest BCUT2D eigenvalue weighted by Gasteiger charge is -2.27. The van der Waals surface area contributed by atoms with Crippen molar-refractivity contribution >= 4 is 23.2 Å². The van der Waals surface area contributed by atoms with Crippen LogP contribution in [0.2, 0.25) is 0 Å². The van der Waals surface area contributed by atoms with Crippen LogP contribution in [0.5, 0.6) is 0 Å². The summed E-state index contributed by atoms with van der Waals surface area (Å²) >= 11 is 0. The quantitative estimate of drug-likeness (QED) is 0.226. The van der Waals surface area contributed by atoms with Crippen LogP contribution in [-0.4, -0.2) is 65.7 Å². The van der Waals surface area contributed by atoms with Crippen LogP contribution in [0.1, 0.15) is 82.5 Å². The molecule has 3 N–H and O–H groups in total. The number of imidazole rings is 2. The van der Waals surface area contributed by atoms with Gasteiger partial charge < -0.3 is 19.8 Å². The number of hydrogen-bond acceptors (Lipinski definition) is 5. The first kappa shape index (κ1) is 29.3. The van der Waals surface area contributed by atoms with Crippen molar-refractivity contribution in [1.29, 1.82) is 0 Å². The molecule has 6 rings (SSSR count). The summed E-state index contributed by atoms with van der Waals surface area (Å²) in [5.41, 5.74) is 4.81. The average Bonchev–Trinajstić information content (AvgIpc) is 3.75. The summed E-state index contributed by atoms with van der Waals surface area (Å²) in [5.74, 6) is 8.34. The molecule has 2 aliphatic heterocycles. The normalized spacial score (nSPS) is 21.8. The number of aromatic amines is 2. The SMILES string of the molecule is C[C@H]1C[C@@H](c2ncc(C#Cc3ccc(-c4ccc5nc([C@@H]6C[C@H](C)CN6C(=O)OC(C)(C)C)[nH]c5c4)cc3)[nH]2)N(C(=O)O)C1. The van der Waals surface area contributed by atoms with Crippen LogP contribution in [0.25, 0.3) is 22.2 Å². The molecule has 10 nitrogen and oxygen atoms in total. The van der Waals surface area contributed by atoms with E-state index in [0.29, 0.717) is 30.5 Å². The number of benzene rings is 2. The number of carboxylic acid groups (broad SMARTS) is 1. The van der Waals surface area contributed by atoms with E-state index in [4.69, 9.17) is 9.72 Å². The van der Waals surface area contributed by atoms with Gasteiger partial charge in [-0.25, -0.2) is 19.6 Å². The average molecular weight is 595 g/mol. The van der Waals surface area contributed by atoms with Gasteiger partial charge in [0.15, 0.2) is 0 Å². The van der Waals surface area contributed by atoms with Crippen LogP contribution < -0.4 is 0 Å². The molecule has 0 saturated carbocycles. The molecule has 4 heterocycles. The zero-order valence-corrected chi connectivity index (χ0v) is 25.7. The Morgan fingerprint density at radius 2 is 1.57 bits per heavy atom. The smallest absolute Gasteiger partial charge is 0.410 e. The number of nitrogens with one attached hydrogen (secondary N) is 2. The number of nitrogens with zero attached hydrogens (tertiary/aromatic N) is 4. The lowest BCUT2D eigenvalue weighted by Crippen LogP contribution is -2.37. The highest BCUT2D eigenvalue weighted by atomic mass is 16.6. The van der Waals surface area contributed by atoms with Gasteiger partial charge in [0.25, 0.3) is 0 Å². The molecule has 2 saturated heterocycles. The molecule has 0 radical (unpaired) electrons. The van der Waals surface area contributed by atoms with Crippen molar-refractivity contribution in [2.75, 3.05) is 13.1 Å². The van der Waals surface area contributed by atoms with E-state index in [0.717, 1.165) is 46.4 Å². The van der Waals surface area contributed by atoms with Gasteiger partial charge in [-0.05, 0) is 86.8 Å². The van der Waals surface area contributed by atoms with Gasteiger partial charge in [-0.2, -0.15) is 0 Å². The number of carbonyl (C=O) groups excluding carboxylic acids is 1. The first-order valence-electron chi connectivity index (χ1n) is 15.1. The van der Waals surface area contributed by atoms with Crippen LogP contribution in [0.4, 0.5) is 9.59 Å². The van der Waals surface area contributed by atoms with Gasteiger partial charge >= 0.3 is 12.2 Å². The molecule has 2 fully saturated rings. The molecule has 0 bridgehead atoms. The van der Waals surface area contributed by atoms with Crippen LogP contribution in [0.15, 0.2) is 48.7 Å². The number of H-pyrrole nitrogens is 2. The standard InChI is InChI=1S/C34H38N6O4/c1-20-14-28(39(18-20)32(41)42)30-35-17-25(36-30)12-8-22-6-9-23(10-7-22)24-11-13-26-27(16-24)38-31(37-26)29-15-21(2)19-40(29)33(43)44-34(3,4)5/h6-7,9-11,13,16-17,20-21,28-29H,14-15,18-19H2,1-5H3,(H,35,36)(H,37,38)(H,41,42)/t20-,21-,28-,29-/m0/s1. The molecule has 2 aromatic heterocycles. The second kappa shape index (κ2) is 11.4. The number of hydrogen-bond donors (Lipinski definition) is 3. The van der Waals surface area contributed by atoms with Gasteiger partial charge in [0.2, 0.25) is 0 Å². The molecular formula is C34H38N6O4. The van der Waals surface area contributed by atoms with E-state index in [9.17, 15) is 14.7 Å². The van der Waals surface area contributed by atoms with Crippen molar-refractivity contribution in [2.45, 2.75) is 65.1 Å². The van der Waals surface area contributed by atoms with Crippen molar-refractivity contribution in [2.24, 2.45) is 11.8 Å². The van der Waals surface area contributed by atoms with Crippen LogP contribution >= 0.6 is 0 Å². The summed E-state index contributed by atoms with van der Waals surface area (Å²) in [6.07, 6.45) is 1.99. The second-order valence-electron chi connectivity index (χ2n) is 13.1. The van der Waals surface area contributed by atoms with Gasteiger partial charge in [0.05, 0.1) is 29.3 Å². The number of carbonyl (C=O) groups is 2. The van der Waals surface area contributed by atoms with Crippen LogP contribution in [0.3, 0.4) is 0 Å². The molecule has 228 valence electrons. The van der Waals surface area contributed by atoms with Gasteiger partial charge in [-0.1, -0.05) is 38.0 Å². The zero-order chi connectivity index (χ0) is 31.2. The van der Waals surface area contributed by atoms with E-state index in [2.05, 4.69) is 39.8 Å². The summed E-state index contributed by atoms with van der Waals surface area (Å²) < 4.78 is 5.67. The summed E-state index contributed by atoms with van der Waals surface area (Å²) in [5, 5.41) is 9.53. The molecule has 4 aromatic rings. The largest absolute Gasteiger partial charge is 0.465 e. The third-order valence-electron chi connectivity index (χ3n) is 8.18. The van der Waals surface area contributed by atoms with E-state index in [1.165, 1.54) is 4.90 Å². The lowest BCUT2D eigenvalue weighted by atomic mass is 10.0. The summed E-state index contributed by atoms with van der Waals surface area (Å²) in [4.78, 5) is 43.7. The van der Waals surface area contributed by atoms with E-state index >= 15 is 0 Å². The third kappa shape index (κ3) is 6.13. The summed E-state index contributed by atoms with van der Waals surface area (Å²) in [6, 6.07) is 13.7. The maximum Gasteiger partial charge on any atom is 0.410 e. The second-order valence-corrected chi connectivity index (χ2v) is 13.1. The molecule has 0 spiro atoms. The molecule has 2 amide bonds. The predicted molar refractivity (Wildman–Crippen MR) is 167 cm³/mol. The number of fused-ring (bicyclic) bond motifs is 1. The van der Waals surface area contributed by atoms with Gasteiger partial charge in [-0.15, -0.1) is 0 Å². The van der Waals surface area contributed by atoms with E-state index in [1.807, 2.05) is 64.1 Å². The molecule has 4 atom stereocenters. The van der Waals surface area contributed by atoms with Gasteiger partial charge in [0, 0.05) is 18.7 Å². The minimum Gasteiger partial charge on any atom is -0.465 e. The molecule has 44 heavy (non-hydrogen) atoms. The Labute approximate surface area is 256 Å². The van der Waals surface area contributed by atoms with Crippen molar-refractivity contribution in [3.8, 4) is 23.0 Å². The van der Waals surface area contributed by atoms with Crippen molar-refractivity contribution in [3.05, 3.63) is 71.6 Å². The van der Waals surface area contributed by atoms with Crippen molar-refractivity contribution < 1.29 is 19.4 Å². The Hall–Kier alpha value is -4.78. The predicted octanol–water partition coefficient (Wildman–Crippen LogP) is 6.73. The molecule has 0 unspecified atom stereocenters. The van der Waals surface area contributed by atoms with E-state index < -0.39 is 11.7 Å². The Morgan fingerprint density at radius 3 is 2.25 bits per heavy atom. The monoisotopic (exact) mass is 594 g/mol. The fourth-order valence-electron chi connectivity index (χ4n) is 6.17. The van der Waals surface area contributed by atoms with E-state index in [1.54, 1.807) is 11.1 Å². The van der Waals surface area contributed by atoms with Gasteiger partial charge in [-0.3, -0.25) is 9.80 Å². The Morgan fingerprint density at radius 1 is 0.909 bits per heavy atom. The van der Waals surface area contributed by atoms with E-state index in [-0.39, 0.29) is 24.1 Å². The zero-order valence-electron chi connectivity index (χ0n) is 25.7. The fourth-order valence-corrected chi connectivity index (χ4v) is 6.17. The highest BCUT2D eigenvalue weighted by molar-refractivity contribution is 5.82. The molecule has 0 aliphatic carbocycles. The fraction of sp³-hybridized carbons (Fsp3) is 0.412. The van der Waals surface area contributed by atoms with Crippen molar-refractivity contribution in [3.63, 3.8) is 0 Å². The summed E-state index contributed by atoms with van der Waals surface area (Å²) in [6.45, 7) is 11.0. The Kier molecular flexibility index (Phi) is 7.58. The number of ether oxygens (including phenoxy) is 1. The lowest BCUT2D eigenvalue weighted by molar-refractivity contribution is 0.0214. The minimum absolute atomic E-state index is 0.155. The van der Waals surface area contributed by atoms with Crippen LogP contribution in [0, 0.1) is 23.7 Å². The Balaban J connectivity index is 1.16.